The van der Waals surface area contributed by atoms with E-state index in [1.807, 2.05) is 30.3 Å². The molecular formula is C18H20ClN3O2. The minimum absolute atomic E-state index is 0.0682. The van der Waals surface area contributed by atoms with Crippen molar-refractivity contribution in [2.75, 3.05) is 25.0 Å². The highest BCUT2D eigenvalue weighted by molar-refractivity contribution is 6.30. The van der Waals surface area contributed by atoms with E-state index in [1.165, 1.54) is 0 Å². The number of benzene rings is 1. The summed E-state index contributed by atoms with van der Waals surface area (Å²) in [4.78, 5) is 17.8. The molecule has 1 aliphatic heterocycles. The lowest BCUT2D eigenvalue weighted by Gasteiger charge is -2.39. The second kappa shape index (κ2) is 8.13. The molecule has 1 aliphatic rings. The van der Waals surface area contributed by atoms with Crippen molar-refractivity contribution in [3.05, 3.63) is 59.4 Å². The number of rotatable bonds is 6. The maximum Gasteiger partial charge on any atom is 0.321 e. The molecule has 2 heterocycles. The number of urea groups is 1. The molecular weight excluding hydrogens is 326 g/mol. The third-order valence-electron chi connectivity index (χ3n) is 4.01. The van der Waals surface area contributed by atoms with E-state index < -0.39 is 0 Å². The number of ether oxygens (including phenoxy) is 1. The first kappa shape index (κ1) is 16.7. The third-order valence-corrected chi connectivity index (χ3v) is 4.26. The number of halogens is 1. The summed E-state index contributed by atoms with van der Waals surface area (Å²) >= 11 is 5.85. The summed E-state index contributed by atoms with van der Waals surface area (Å²) < 4.78 is 5.69. The number of likely N-dealkylation sites (tertiary alicyclic amines) is 1. The summed E-state index contributed by atoms with van der Waals surface area (Å²) in [6.45, 7) is 2.84. The van der Waals surface area contributed by atoms with Crippen molar-refractivity contribution < 1.29 is 9.53 Å². The highest BCUT2D eigenvalue weighted by Crippen LogP contribution is 2.20. The number of carbonyl (C=O) groups excluding carboxylic acids is 1. The lowest BCUT2D eigenvalue weighted by Crippen LogP contribution is -2.51. The van der Waals surface area contributed by atoms with Gasteiger partial charge in [0.25, 0.3) is 0 Å². The molecule has 1 aromatic heterocycles. The van der Waals surface area contributed by atoms with Crippen LogP contribution in [0.2, 0.25) is 5.02 Å². The van der Waals surface area contributed by atoms with Crippen LogP contribution in [0.3, 0.4) is 0 Å². The Morgan fingerprint density at radius 3 is 2.79 bits per heavy atom. The first-order valence-corrected chi connectivity index (χ1v) is 8.36. The van der Waals surface area contributed by atoms with Gasteiger partial charge in [0.15, 0.2) is 0 Å². The largest absolute Gasteiger partial charge is 0.377 e. The molecule has 0 aliphatic carbocycles. The summed E-state index contributed by atoms with van der Waals surface area (Å²) in [5.41, 5.74) is 1.84. The second-order valence-electron chi connectivity index (χ2n) is 5.91. The van der Waals surface area contributed by atoms with E-state index in [4.69, 9.17) is 16.3 Å². The topological polar surface area (TPSA) is 54.5 Å². The van der Waals surface area contributed by atoms with Gasteiger partial charge in [0.1, 0.15) is 0 Å². The number of nitrogens with zero attached hydrogens (tertiary/aromatic N) is 2. The van der Waals surface area contributed by atoms with E-state index in [0.29, 0.717) is 19.1 Å². The molecule has 6 heteroatoms. The highest BCUT2D eigenvalue weighted by Gasteiger charge is 2.30. The molecule has 0 spiro atoms. The minimum atomic E-state index is -0.0682. The Labute approximate surface area is 146 Å². The van der Waals surface area contributed by atoms with Crippen LogP contribution in [0, 0.1) is 5.92 Å². The summed E-state index contributed by atoms with van der Waals surface area (Å²) in [6.07, 6.45) is 4.28. The van der Waals surface area contributed by atoms with E-state index in [9.17, 15) is 4.79 Å². The van der Waals surface area contributed by atoms with E-state index in [2.05, 4.69) is 10.3 Å². The number of amides is 2. The molecule has 0 saturated carbocycles. The average Bonchev–Trinajstić information content (AvgIpc) is 2.55. The molecule has 2 amide bonds. The van der Waals surface area contributed by atoms with Crippen LogP contribution in [0.1, 0.15) is 12.0 Å². The molecule has 1 fully saturated rings. The van der Waals surface area contributed by atoms with Crippen LogP contribution in [0.15, 0.2) is 48.8 Å². The second-order valence-corrected chi connectivity index (χ2v) is 6.35. The van der Waals surface area contributed by atoms with Crippen molar-refractivity contribution in [1.29, 1.82) is 0 Å². The van der Waals surface area contributed by atoms with E-state index in [1.54, 1.807) is 23.4 Å². The molecule has 0 bridgehead atoms. The molecule has 1 aromatic carbocycles. The van der Waals surface area contributed by atoms with Crippen molar-refractivity contribution in [3.8, 4) is 0 Å². The van der Waals surface area contributed by atoms with Crippen LogP contribution in [0.5, 0.6) is 0 Å². The summed E-state index contributed by atoms with van der Waals surface area (Å²) in [5.74, 6) is 0.509. The van der Waals surface area contributed by atoms with Gasteiger partial charge < -0.3 is 15.0 Å². The smallest absolute Gasteiger partial charge is 0.321 e. The van der Waals surface area contributed by atoms with E-state index in [0.717, 1.165) is 35.8 Å². The van der Waals surface area contributed by atoms with Gasteiger partial charge in [-0.2, -0.15) is 0 Å². The fourth-order valence-corrected chi connectivity index (χ4v) is 2.70. The van der Waals surface area contributed by atoms with Crippen LogP contribution in [-0.4, -0.2) is 35.6 Å². The van der Waals surface area contributed by atoms with E-state index >= 15 is 0 Å². The van der Waals surface area contributed by atoms with E-state index in [-0.39, 0.29) is 6.03 Å². The molecule has 5 nitrogen and oxygen atoms in total. The Hall–Kier alpha value is -2.11. The van der Waals surface area contributed by atoms with Crippen molar-refractivity contribution >= 4 is 23.3 Å². The summed E-state index contributed by atoms with van der Waals surface area (Å²) in [5, 5.41) is 3.57. The molecule has 1 saturated heterocycles. The van der Waals surface area contributed by atoms with Crippen molar-refractivity contribution in [3.63, 3.8) is 0 Å². The average molecular weight is 346 g/mol. The molecule has 3 rings (SSSR count). The van der Waals surface area contributed by atoms with Crippen LogP contribution in [0.4, 0.5) is 10.5 Å². The zero-order valence-electron chi connectivity index (χ0n) is 13.3. The van der Waals surface area contributed by atoms with Gasteiger partial charge in [-0.25, -0.2) is 4.79 Å². The standard InChI is InChI=1S/C18H20ClN3O2/c19-16-5-3-14(4-6-16)13-24-9-7-15-11-22(12-15)18(23)21-17-2-1-8-20-10-17/h1-6,8,10,15H,7,9,11-13H2,(H,21,23). The fourth-order valence-electron chi connectivity index (χ4n) is 2.58. The maximum atomic E-state index is 12.0. The molecule has 1 N–H and O–H groups in total. The fraction of sp³-hybridized carbons (Fsp3) is 0.333. The first-order valence-electron chi connectivity index (χ1n) is 7.99. The van der Waals surface area contributed by atoms with Gasteiger partial charge in [0.05, 0.1) is 18.5 Å². The quantitative estimate of drug-likeness (QED) is 0.810. The van der Waals surface area contributed by atoms with Crippen molar-refractivity contribution in [1.82, 2.24) is 9.88 Å². The Morgan fingerprint density at radius 2 is 2.08 bits per heavy atom. The number of aromatic nitrogens is 1. The predicted octanol–water partition coefficient (Wildman–Crippen LogP) is 3.81. The SMILES string of the molecule is O=C(Nc1cccnc1)N1CC(CCOCc2ccc(Cl)cc2)C1. The van der Waals surface area contributed by atoms with Crippen LogP contribution in [0.25, 0.3) is 0 Å². The molecule has 2 aromatic rings. The minimum Gasteiger partial charge on any atom is -0.377 e. The highest BCUT2D eigenvalue weighted by atomic mass is 35.5. The van der Waals surface area contributed by atoms with Gasteiger partial charge >= 0.3 is 6.03 Å². The summed E-state index contributed by atoms with van der Waals surface area (Å²) in [6, 6.07) is 11.2. The molecule has 126 valence electrons. The molecule has 0 unspecified atom stereocenters. The third kappa shape index (κ3) is 4.69. The van der Waals surface area contributed by atoms with Gasteiger partial charge in [-0.05, 0) is 42.2 Å². The van der Waals surface area contributed by atoms with Gasteiger partial charge in [-0.15, -0.1) is 0 Å². The normalized spacial score (nSPS) is 14.3. The number of hydrogen-bond acceptors (Lipinski definition) is 3. The van der Waals surface area contributed by atoms with Gasteiger partial charge in [-0.1, -0.05) is 23.7 Å². The predicted molar refractivity (Wildman–Crippen MR) is 94.0 cm³/mol. The molecule has 0 radical (unpaired) electrons. The number of anilines is 1. The van der Waals surface area contributed by atoms with Crippen LogP contribution in [-0.2, 0) is 11.3 Å². The molecule has 24 heavy (non-hydrogen) atoms. The number of nitrogens with one attached hydrogen (secondary N) is 1. The van der Waals surface area contributed by atoms with Crippen LogP contribution < -0.4 is 5.32 Å². The zero-order chi connectivity index (χ0) is 16.8. The number of carbonyl (C=O) groups is 1. The monoisotopic (exact) mass is 345 g/mol. The van der Waals surface area contributed by atoms with Crippen LogP contribution >= 0.6 is 11.6 Å². The van der Waals surface area contributed by atoms with Gasteiger partial charge in [0.2, 0.25) is 0 Å². The molecule has 0 atom stereocenters. The lowest BCUT2D eigenvalue weighted by atomic mass is 9.97. The van der Waals surface area contributed by atoms with Gasteiger partial charge in [0, 0.05) is 30.9 Å². The zero-order valence-corrected chi connectivity index (χ0v) is 14.1. The first-order chi connectivity index (χ1) is 11.7. The van der Waals surface area contributed by atoms with Crippen molar-refractivity contribution in [2.45, 2.75) is 13.0 Å². The van der Waals surface area contributed by atoms with Crippen molar-refractivity contribution in [2.24, 2.45) is 5.92 Å². The number of hydrogen-bond donors (Lipinski definition) is 1. The Morgan fingerprint density at radius 1 is 1.29 bits per heavy atom. The summed E-state index contributed by atoms with van der Waals surface area (Å²) in [7, 11) is 0. The lowest BCUT2D eigenvalue weighted by molar-refractivity contribution is 0.0691. The Balaban J connectivity index is 1.29. The van der Waals surface area contributed by atoms with Gasteiger partial charge in [-0.3, -0.25) is 4.98 Å². The Kier molecular flexibility index (Phi) is 5.67. The number of pyridine rings is 1. The maximum absolute atomic E-state index is 12.0. The Bertz CT molecular complexity index is 658.